The van der Waals surface area contributed by atoms with Gasteiger partial charge in [-0.25, -0.2) is 4.79 Å². The molecule has 1 saturated heterocycles. The number of hydrogen-bond acceptors (Lipinski definition) is 3. The first-order valence-corrected chi connectivity index (χ1v) is 11.8. The first-order valence-electron chi connectivity index (χ1n) is 10.6. The summed E-state index contributed by atoms with van der Waals surface area (Å²) in [5.41, 5.74) is 4.13. The number of benzene rings is 2. The summed E-state index contributed by atoms with van der Waals surface area (Å²) in [6.07, 6.45) is 3.07. The Hall–Kier alpha value is -2.99. The van der Waals surface area contributed by atoms with Crippen LogP contribution in [0.2, 0.25) is 0 Å². The summed E-state index contributed by atoms with van der Waals surface area (Å²) in [7, 11) is 0. The Kier molecular flexibility index (Phi) is 5.32. The molecule has 2 amide bonds. The minimum Gasteiger partial charge on any atom is -0.324 e. The van der Waals surface area contributed by atoms with Gasteiger partial charge in [0.2, 0.25) is 0 Å². The van der Waals surface area contributed by atoms with Gasteiger partial charge in [-0.05, 0) is 54.5 Å². The van der Waals surface area contributed by atoms with Crippen molar-refractivity contribution in [3.05, 3.63) is 82.8 Å². The van der Waals surface area contributed by atoms with Crippen LogP contribution in [0, 0.1) is 5.92 Å². The predicted molar refractivity (Wildman–Crippen MR) is 126 cm³/mol. The number of urea groups is 1. The van der Waals surface area contributed by atoms with E-state index in [4.69, 9.17) is 0 Å². The van der Waals surface area contributed by atoms with Gasteiger partial charge in [0, 0.05) is 53.5 Å². The lowest BCUT2D eigenvalue weighted by molar-refractivity contribution is 0.140. The molecule has 0 unspecified atom stereocenters. The molecule has 2 aliphatic rings. The number of para-hydroxylation sites is 1. The molecule has 5 rings (SSSR count). The number of pyridine rings is 1. The van der Waals surface area contributed by atoms with E-state index in [1.165, 1.54) is 4.90 Å². The first kappa shape index (κ1) is 19.9. The molecule has 1 aromatic heterocycles. The maximum absolute atomic E-state index is 12.9. The molecule has 158 valence electrons. The number of likely N-dealkylation sites (tertiary alicyclic amines) is 1. The number of carbonyl (C=O) groups is 1. The number of thioether (sulfide) groups is 1. The minimum atomic E-state index is -0.0708. The van der Waals surface area contributed by atoms with E-state index in [1.807, 2.05) is 45.9 Å². The third-order valence-electron chi connectivity index (χ3n) is 6.30. The number of anilines is 1. The van der Waals surface area contributed by atoms with Crippen molar-refractivity contribution in [1.82, 2.24) is 9.47 Å². The second-order valence-corrected chi connectivity index (χ2v) is 9.19. The number of fused-ring (bicyclic) bond motifs is 4. The zero-order valence-corrected chi connectivity index (χ0v) is 18.3. The number of amides is 2. The molecule has 3 heterocycles. The quantitative estimate of drug-likeness (QED) is 0.601. The molecule has 2 bridgehead atoms. The van der Waals surface area contributed by atoms with Crippen molar-refractivity contribution in [3.63, 3.8) is 0 Å². The van der Waals surface area contributed by atoms with E-state index in [0.717, 1.165) is 28.9 Å². The van der Waals surface area contributed by atoms with Crippen LogP contribution >= 0.6 is 11.8 Å². The average molecular weight is 432 g/mol. The zero-order chi connectivity index (χ0) is 21.4. The Labute approximate surface area is 186 Å². The maximum Gasteiger partial charge on any atom is 0.321 e. The van der Waals surface area contributed by atoms with Crippen LogP contribution < -0.4 is 10.9 Å². The van der Waals surface area contributed by atoms with Crippen molar-refractivity contribution in [2.45, 2.75) is 23.8 Å². The van der Waals surface area contributed by atoms with Crippen molar-refractivity contribution >= 4 is 23.5 Å². The SMILES string of the molecule is CSc1ccc(-c2ccc(=O)n3c2[C@H]2C[C@@H](CN(C(=O)Nc4ccccc4)C2)C3)cc1. The van der Waals surface area contributed by atoms with Crippen molar-refractivity contribution in [3.8, 4) is 11.1 Å². The van der Waals surface area contributed by atoms with Gasteiger partial charge in [-0.15, -0.1) is 11.8 Å². The van der Waals surface area contributed by atoms with Crippen LogP contribution in [0.3, 0.4) is 0 Å². The largest absolute Gasteiger partial charge is 0.324 e. The number of hydrogen-bond donors (Lipinski definition) is 1. The summed E-state index contributed by atoms with van der Waals surface area (Å²) in [4.78, 5) is 28.8. The minimum absolute atomic E-state index is 0.0522. The van der Waals surface area contributed by atoms with E-state index in [9.17, 15) is 9.59 Å². The summed E-state index contributed by atoms with van der Waals surface area (Å²) < 4.78 is 1.95. The number of nitrogens with one attached hydrogen (secondary N) is 1. The molecular formula is C25H25N3O2S. The molecule has 5 nitrogen and oxygen atoms in total. The number of rotatable bonds is 3. The summed E-state index contributed by atoms with van der Waals surface area (Å²) in [5, 5.41) is 3.01. The van der Waals surface area contributed by atoms with E-state index in [2.05, 4.69) is 35.8 Å². The van der Waals surface area contributed by atoms with Gasteiger partial charge in [-0.3, -0.25) is 4.79 Å². The van der Waals surface area contributed by atoms with Crippen LogP contribution in [0.4, 0.5) is 10.5 Å². The highest BCUT2D eigenvalue weighted by atomic mass is 32.2. The van der Waals surface area contributed by atoms with Gasteiger partial charge in [0.15, 0.2) is 0 Å². The smallest absolute Gasteiger partial charge is 0.321 e. The average Bonchev–Trinajstić information content (AvgIpc) is 2.80. The molecule has 2 aromatic carbocycles. The Morgan fingerprint density at radius 3 is 2.48 bits per heavy atom. The van der Waals surface area contributed by atoms with E-state index in [-0.39, 0.29) is 17.5 Å². The van der Waals surface area contributed by atoms with Gasteiger partial charge in [0.05, 0.1) is 0 Å². The number of aromatic nitrogens is 1. The molecular weight excluding hydrogens is 406 g/mol. The summed E-state index contributed by atoms with van der Waals surface area (Å²) >= 11 is 1.72. The lowest BCUT2D eigenvalue weighted by atomic mass is 9.80. The third-order valence-corrected chi connectivity index (χ3v) is 7.05. The van der Waals surface area contributed by atoms with Gasteiger partial charge in [0.25, 0.3) is 5.56 Å². The summed E-state index contributed by atoms with van der Waals surface area (Å²) in [5.74, 6) is 0.442. The van der Waals surface area contributed by atoms with E-state index >= 15 is 0 Å². The van der Waals surface area contributed by atoms with E-state index in [1.54, 1.807) is 17.8 Å². The monoisotopic (exact) mass is 431 g/mol. The van der Waals surface area contributed by atoms with Gasteiger partial charge in [-0.2, -0.15) is 0 Å². The Balaban J connectivity index is 1.47. The molecule has 31 heavy (non-hydrogen) atoms. The molecule has 0 spiro atoms. The Bertz CT molecular complexity index is 1160. The summed E-state index contributed by atoms with van der Waals surface area (Å²) in [6, 6.07) is 21.6. The zero-order valence-electron chi connectivity index (χ0n) is 17.5. The Morgan fingerprint density at radius 2 is 1.74 bits per heavy atom. The maximum atomic E-state index is 12.9. The van der Waals surface area contributed by atoms with Crippen LogP contribution in [0.15, 0.2) is 76.4 Å². The molecule has 3 aromatic rings. The second-order valence-electron chi connectivity index (χ2n) is 8.31. The third kappa shape index (κ3) is 3.88. The van der Waals surface area contributed by atoms with Crippen molar-refractivity contribution in [2.24, 2.45) is 5.92 Å². The van der Waals surface area contributed by atoms with Crippen LogP contribution in [0.5, 0.6) is 0 Å². The van der Waals surface area contributed by atoms with Crippen molar-refractivity contribution < 1.29 is 4.79 Å². The predicted octanol–water partition coefficient (Wildman–Crippen LogP) is 4.89. The fraction of sp³-hybridized carbons (Fsp3) is 0.280. The topological polar surface area (TPSA) is 54.3 Å². The normalized spacial score (nSPS) is 19.6. The highest BCUT2D eigenvalue weighted by Gasteiger charge is 2.37. The van der Waals surface area contributed by atoms with Gasteiger partial charge in [0.1, 0.15) is 0 Å². The number of piperidine rings is 1. The summed E-state index contributed by atoms with van der Waals surface area (Å²) in [6.45, 7) is 1.96. The van der Waals surface area contributed by atoms with Crippen LogP contribution in [0.25, 0.3) is 11.1 Å². The second kappa shape index (κ2) is 8.27. The van der Waals surface area contributed by atoms with Crippen molar-refractivity contribution in [1.29, 1.82) is 0 Å². The molecule has 1 fully saturated rings. The highest BCUT2D eigenvalue weighted by Crippen LogP contribution is 2.40. The molecule has 0 aliphatic carbocycles. The van der Waals surface area contributed by atoms with Gasteiger partial charge < -0.3 is 14.8 Å². The lowest BCUT2D eigenvalue weighted by Gasteiger charge is -2.43. The first-order chi connectivity index (χ1) is 15.1. The highest BCUT2D eigenvalue weighted by molar-refractivity contribution is 7.98. The Morgan fingerprint density at radius 1 is 0.968 bits per heavy atom. The van der Waals surface area contributed by atoms with Gasteiger partial charge >= 0.3 is 6.03 Å². The van der Waals surface area contributed by atoms with Gasteiger partial charge in [-0.1, -0.05) is 30.3 Å². The standard InChI is InChI=1S/C25H25N3O2S/c1-31-21-9-7-18(8-10-21)22-11-12-23(29)28-15-17-13-19(24(22)28)16-27(14-17)25(30)26-20-5-3-2-4-6-20/h2-12,17,19H,13-16H2,1H3,(H,26,30)/t17-,19-/m0/s1. The van der Waals surface area contributed by atoms with E-state index in [0.29, 0.717) is 25.6 Å². The lowest BCUT2D eigenvalue weighted by Crippen LogP contribution is -2.50. The molecule has 6 heteroatoms. The van der Waals surface area contributed by atoms with Crippen LogP contribution in [-0.4, -0.2) is 34.8 Å². The number of nitrogens with zero attached hydrogens (tertiary/aromatic N) is 2. The van der Waals surface area contributed by atoms with Crippen LogP contribution in [-0.2, 0) is 6.54 Å². The number of carbonyl (C=O) groups excluding carboxylic acids is 1. The fourth-order valence-electron chi connectivity index (χ4n) is 4.92. The molecule has 2 aliphatic heterocycles. The molecule has 1 N–H and O–H groups in total. The molecule has 0 radical (unpaired) electrons. The van der Waals surface area contributed by atoms with Crippen molar-refractivity contribution in [2.75, 3.05) is 24.7 Å². The molecule has 0 saturated carbocycles. The molecule has 2 atom stereocenters. The van der Waals surface area contributed by atoms with Crippen LogP contribution in [0.1, 0.15) is 18.0 Å². The fourth-order valence-corrected chi connectivity index (χ4v) is 5.33. The van der Waals surface area contributed by atoms with E-state index < -0.39 is 0 Å².